The van der Waals surface area contributed by atoms with Gasteiger partial charge in [0.2, 0.25) is 11.8 Å². The fourth-order valence-corrected chi connectivity index (χ4v) is 2.80. The Balaban J connectivity index is 2.12. The van der Waals surface area contributed by atoms with Crippen molar-refractivity contribution >= 4 is 22.7 Å². The largest absolute Gasteiger partial charge is 0.296 e. The number of carbonyl (C=O) groups is 2. The van der Waals surface area contributed by atoms with Gasteiger partial charge in [-0.3, -0.25) is 20.0 Å². The molecular weight excluding hydrogens is 273 g/mol. The number of nitrogens with zero attached hydrogens (tertiary/aromatic N) is 1. The predicted octanol–water partition coefficient (Wildman–Crippen LogP) is 2.35. The van der Waals surface area contributed by atoms with E-state index in [2.05, 4.69) is 15.5 Å². The summed E-state index contributed by atoms with van der Waals surface area (Å²) in [5, 5.41) is 10.0. The van der Waals surface area contributed by atoms with E-state index in [4.69, 9.17) is 0 Å². The number of carbonyl (C=O) groups excluding carboxylic acids is 2. The zero-order valence-corrected chi connectivity index (χ0v) is 11.9. The highest BCUT2D eigenvalue weighted by Crippen LogP contribution is 2.33. The fraction of sp³-hybridized carbons (Fsp3) is 0.400. The van der Waals surface area contributed by atoms with Crippen LogP contribution in [0.15, 0.2) is 12.1 Å². The lowest BCUT2D eigenvalue weighted by Crippen LogP contribution is -2.39. The van der Waals surface area contributed by atoms with Crippen LogP contribution in [0.1, 0.15) is 49.8 Å². The van der Waals surface area contributed by atoms with Crippen molar-refractivity contribution in [2.24, 2.45) is 0 Å². The number of imide groups is 1. The molecule has 21 heavy (non-hydrogen) atoms. The second-order valence-electron chi connectivity index (χ2n) is 5.69. The molecule has 1 saturated heterocycles. The molecule has 2 amide bonds. The number of hydrogen-bond donors (Lipinski definition) is 2. The summed E-state index contributed by atoms with van der Waals surface area (Å²) in [6.45, 7) is 3.93. The lowest BCUT2D eigenvalue weighted by atomic mass is 9.91. The van der Waals surface area contributed by atoms with Crippen molar-refractivity contribution in [2.45, 2.75) is 38.5 Å². The highest BCUT2D eigenvalue weighted by Gasteiger charge is 2.31. The molecule has 1 aliphatic rings. The number of amides is 2. The van der Waals surface area contributed by atoms with Crippen LogP contribution in [0.3, 0.4) is 0 Å². The predicted molar refractivity (Wildman–Crippen MR) is 75.3 cm³/mol. The molecule has 0 spiro atoms. The molecule has 1 aliphatic heterocycles. The third kappa shape index (κ3) is 2.30. The van der Waals surface area contributed by atoms with Gasteiger partial charge in [0.1, 0.15) is 5.82 Å². The van der Waals surface area contributed by atoms with Gasteiger partial charge in [-0.25, -0.2) is 4.39 Å². The van der Waals surface area contributed by atoms with Gasteiger partial charge in [-0.2, -0.15) is 5.10 Å². The minimum absolute atomic E-state index is 0.126. The topological polar surface area (TPSA) is 74.8 Å². The number of nitrogens with one attached hydrogen (secondary N) is 2. The maximum Gasteiger partial charge on any atom is 0.235 e. The van der Waals surface area contributed by atoms with E-state index in [1.165, 1.54) is 12.1 Å². The molecule has 1 fully saturated rings. The van der Waals surface area contributed by atoms with Crippen molar-refractivity contribution in [1.82, 2.24) is 15.5 Å². The second-order valence-corrected chi connectivity index (χ2v) is 5.69. The molecule has 0 radical (unpaired) electrons. The summed E-state index contributed by atoms with van der Waals surface area (Å²) >= 11 is 0. The van der Waals surface area contributed by atoms with Crippen molar-refractivity contribution in [3.63, 3.8) is 0 Å². The van der Waals surface area contributed by atoms with Crippen LogP contribution >= 0.6 is 0 Å². The molecule has 2 aromatic rings. The first kappa shape index (κ1) is 13.7. The summed E-state index contributed by atoms with van der Waals surface area (Å²) in [4.78, 5) is 23.2. The van der Waals surface area contributed by atoms with Crippen LogP contribution in [0.5, 0.6) is 0 Å². The van der Waals surface area contributed by atoms with Crippen molar-refractivity contribution in [3.8, 4) is 0 Å². The normalized spacial score (nSPS) is 19.3. The van der Waals surface area contributed by atoms with E-state index in [0.717, 1.165) is 5.56 Å². The number of aromatic nitrogens is 2. The van der Waals surface area contributed by atoms with Crippen molar-refractivity contribution in [2.75, 3.05) is 0 Å². The molecule has 1 unspecified atom stereocenters. The first-order chi connectivity index (χ1) is 9.97. The Labute approximate surface area is 120 Å². The molecule has 2 heterocycles. The van der Waals surface area contributed by atoms with Crippen LogP contribution in [0.2, 0.25) is 0 Å². The van der Waals surface area contributed by atoms with Gasteiger partial charge >= 0.3 is 0 Å². The summed E-state index contributed by atoms with van der Waals surface area (Å²) in [5.74, 6) is -1.34. The maximum absolute atomic E-state index is 13.8. The monoisotopic (exact) mass is 289 g/mol. The van der Waals surface area contributed by atoms with Gasteiger partial charge in [-0.05, 0) is 30.0 Å². The number of hydrogen-bond acceptors (Lipinski definition) is 3. The van der Waals surface area contributed by atoms with E-state index in [9.17, 15) is 14.0 Å². The van der Waals surface area contributed by atoms with Crippen molar-refractivity contribution in [1.29, 1.82) is 0 Å². The molecule has 1 aromatic carbocycles. The Hall–Kier alpha value is -2.24. The third-order valence-electron chi connectivity index (χ3n) is 3.89. The van der Waals surface area contributed by atoms with Gasteiger partial charge in [0.15, 0.2) is 0 Å². The first-order valence-electron chi connectivity index (χ1n) is 6.98. The third-order valence-corrected chi connectivity index (χ3v) is 3.89. The summed E-state index contributed by atoms with van der Waals surface area (Å²) < 4.78 is 13.8. The molecule has 5 nitrogen and oxygen atoms in total. The molecule has 6 heteroatoms. The van der Waals surface area contributed by atoms with Crippen LogP contribution in [0.4, 0.5) is 4.39 Å². The first-order valence-corrected chi connectivity index (χ1v) is 6.98. The van der Waals surface area contributed by atoms with E-state index in [-0.39, 0.29) is 30.0 Å². The standard InChI is InChI=1S/C15H16FN3O2/c1-7(2)10-5-8(16)6-11-13(18-19-14(10)11)9-3-4-12(20)17-15(9)21/h5-7,9H,3-4H2,1-2H3,(H,18,19)(H,17,20,21). The molecule has 3 rings (SSSR count). The Kier molecular flexibility index (Phi) is 3.23. The van der Waals surface area contributed by atoms with Crippen molar-refractivity contribution in [3.05, 3.63) is 29.2 Å². The number of H-pyrrole nitrogens is 1. The van der Waals surface area contributed by atoms with Crippen LogP contribution in [-0.2, 0) is 9.59 Å². The van der Waals surface area contributed by atoms with E-state index in [1.54, 1.807) is 0 Å². The van der Waals surface area contributed by atoms with E-state index >= 15 is 0 Å². The van der Waals surface area contributed by atoms with Crippen LogP contribution in [0, 0.1) is 5.82 Å². The number of fused-ring (bicyclic) bond motifs is 1. The van der Waals surface area contributed by atoms with E-state index in [1.807, 2.05) is 13.8 Å². The minimum Gasteiger partial charge on any atom is -0.296 e. The minimum atomic E-state index is -0.491. The number of benzene rings is 1. The number of piperidine rings is 1. The second kappa shape index (κ2) is 4.95. The van der Waals surface area contributed by atoms with Gasteiger partial charge < -0.3 is 0 Å². The molecule has 0 saturated carbocycles. The lowest BCUT2D eigenvalue weighted by Gasteiger charge is -2.19. The molecule has 0 aliphatic carbocycles. The number of halogens is 1. The Morgan fingerprint density at radius 3 is 2.76 bits per heavy atom. The highest BCUT2D eigenvalue weighted by molar-refractivity contribution is 6.02. The van der Waals surface area contributed by atoms with E-state index in [0.29, 0.717) is 23.0 Å². The summed E-state index contributed by atoms with van der Waals surface area (Å²) in [6, 6.07) is 2.87. The maximum atomic E-state index is 13.8. The van der Waals surface area contributed by atoms with Gasteiger partial charge in [-0.15, -0.1) is 0 Å². The van der Waals surface area contributed by atoms with Gasteiger partial charge in [0.25, 0.3) is 0 Å². The average Bonchev–Trinajstić information content (AvgIpc) is 2.81. The Bertz CT molecular complexity index is 736. The molecule has 110 valence electrons. The smallest absolute Gasteiger partial charge is 0.235 e. The zero-order valence-electron chi connectivity index (χ0n) is 11.9. The number of rotatable bonds is 2. The van der Waals surface area contributed by atoms with Gasteiger partial charge in [0, 0.05) is 11.8 Å². The van der Waals surface area contributed by atoms with Gasteiger partial charge in [-0.1, -0.05) is 13.8 Å². The molecule has 0 bridgehead atoms. The lowest BCUT2D eigenvalue weighted by molar-refractivity contribution is -0.134. The van der Waals surface area contributed by atoms with Crippen LogP contribution < -0.4 is 5.32 Å². The van der Waals surface area contributed by atoms with Crippen molar-refractivity contribution < 1.29 is 14.0 Å². The molecule has 1 aromatic heterocycles. The molecular formula is C15H16FN3O2. The van der Waals surface area contributed by atoms with Crippen LogP contribution in [-0.4, -0.2) is 22.0 Å². The average molecular weight is 289 g/mol. The Morgan fingerprint density at radius 2 is 2.10 bits per heavy atom. The quantitative estimate of drug-likeness (QED) is 0.833. The van der Waals surface area contributed by atoms with Crippen LogP contribution in [0.25, 0.3) is 10.9 Å². The summed E-state index contributed by atoms with van der Waals surface area (Å²) in [6.07, 6.45) is 0.693. The fourth-order valence-electron chi connectivity index (χ4n) is 2.80. The highest BCUT2D eigenvalue weighted by atomic mass is 19.1. The number of aromatic amines is 1. The molecule has 1 atom stereocenters. The Morgan fingerprint density at radius 1 is 1.33 bits per heavy atom. The summed E-state index contributed by atoms with van der Waals surface area (Å²) in [7, 11) is 0. The van der Waals surface area contributed by atoms with E-state index < -0.39 is 5.92 Å². The zero-order chi connectivity index (χ0) is 15.1. The summed E-state index contributed by atoms with van der Waals surface area (Å²) in [5.41, 5.74) is 2.07. The molecule has 2 N–H and O–H groups in total. The SMILES string of the molecule is CC(C)c1cc(F)cc2c(C3CCC(=O)NC3=O)[nH]nc12. The van der Waals surface area contributed by atoms with Gasteiger partial charge in [0.05, 0.1) is 17.1 Å².